The summed E-state index contributed by atoms with van der Waals surface area (Å²) in [4.78, 5) is 26.1. The van der Waals surface area contributed by atoms with Gasteiger partial charge >= 0.3 is 0 Å². The van der Waals surface area contributed by atoms with Crippen LogP contribution in [0.25, 0.3) is 0 Å². The lowest BCUT2D eigenvalue weighted by atomic mass is 10.1. The van der Waals surface area contributed by atoms with Gasteiger partial charge in [-0.25, -0.2) is 8.42 Å². The quantitative estimate of drug-likeness (QED) is 0.597. The number of amides is 2. The van der Waals surface area contributed by atoms with Gasteiger partial charge in [0.25, 0.3) is 15.9 Å². The van der Waals surface area contributed by atoms with Crippen molar-refractivity contribution in [1.82, 2.24) is 4.90 Å². The van der Waals surface area contributed by atoms with Crippen molar-refractivity contribution in [3.8, 4) is 0 Å². The summed E-state index contributed by atoms with van der Waals surface area (Å²) < 4.78 is 27.2. The Hall–Kier alpha value is -3.65. The molecular formula is C24H25N3O4S. The van der Waals surface area contributed by atoms with Crippen LogP contribution in [0.4, 0.5) is 11.4 Å². The Morgan fingerprint density at radius 3 is 2.12 bits per heavy atom. The first-order valence-electron chi connectivity index (χ1n) is 9.93. The smallest absolute Gasteiger partial charge is 0.264 e. The van der Waals surface area contributed by atoms with E-state index in [0.717, 1.165) is 5.56 Å². The summed E-state index contributed by atoms with van der Waals surface area (Å²) >= 11 is 0. The lowest BCUT2D eigenvalue weighted by Crippen LogP contribution is -2.26. The van der Waals surface area contributed by atoms with Gasteiger partial charge in [-0.3, -0.25) is 13.9 Å². The van der Waals surface area contributed by atoms with Crippen LogP contribution in [0.2, 0.25) is 0 Å². The van der Waals surface area contributed by atoms with Gasteiger partial charge in [-0.05, 0) is 48.0 Å². The molecule has 3 aromatic rings. The van der Waals surface area contributed by atoms with E-state index in [2.05, 4.69) is 5.32 Å². The monoisotopic (exact) mass is 451 g/mol. The largest absolute Gasteiger partial charge is 0.349 e. The molecule has 2 amide bonds. The third kappa shape index (κ3) is 5.33. The summed E-state index contributed by atoms with van der Waals surface area (Å²) in [6, 6.07) is 21.6. The van der Waals surface area contributed by atoms with Crippen molar-refractivity contribution in [2.75, 3.05) is 30.8 Å². The van der Waals surface area contributed by atoms with E-state index in [0.29, 0.717) is 11.4 Å². The standard InChI is InChI=1S/C24H25N3O4S/c1-26(2)23(28)16-18-12-14-20(15-13-18)25-24(29)19-8-7-11-22(17-19)32(30,31)27(3)21-9-5-4-6-10-21/h4-15,17H,16H2,1-3H3,(H,25,29). The van der Waals surface area contributed by atoms with Gasteiger partial charge < -0.3 is 10.2 Å². The maximum Gasteiger partial charge on any atom is 0.264 e. The zero-order valence-electron chi connectivity index (χ0n) is 18.1. The molecule has 0 spiro atoms. The van der Waals surface area contributed by atoms with E-state index < -0.39 is 15.9 Å². The second kappa shape index (κ2) is 9.65. The normalized spacial score (nSPS) is 11.0. The predicted molar refractivity (Wildman–Crippen MR) is 125 cm³/mol. The molecule has 3 rings (SSSR count). The van der Waals surface area contributed by atoms with Crippen LogP contribution in [0, 0.1) is 0 Å². The number of hydrogen-bond acceptors (Lipinski definition) is 4. The molecule has 32 heavy (non-hydrogen) atoms. The van der Waals surface area contributed by atoms with E-state index in [9.17, 15) is 18.0 Å². The number of para-hydroxylation sites is 1. The van der Waals surface area contributed by atoms with E-state index in [4.69, 9.17) is 0 Å². The van der Waals surface area contributed by atoms with Gasteiger partial charge in [0.1, 0.15) is 0 Å². The zero-order chi connectivity index (χ0) is 23.3. The highest BCUT2D eigenvalue weighted by Gasteiger charge is 2.22. The fourth-order valence-corrected chi connectivity index (χ4v) is 4.22. The highest BCUT2D eigenvalue weighted by atomic mass is 32.2. The van der Waals surface area contributed by atoms with Gasteiger partial charge in [-0.2, -0.15) is 0 Å². The SMILES string of the molecule is CN(C)C(=O)Cc1ccc(NC(=O)c2cccc(S(=O)(=O)N(C)c3ccccc3)c2)cc1. The van der Waals surface area contributed by atoms with Crippen LogP contribution >= 0.6 is 0 Å². The molecule has 0 aromatic heterocycles. The summed E-state index contributed by atoms with van der Waals surface area (Å²) in [5.41, 5.74) is 2.12. The molecule has 0 bridgehead atoms. The van der Waals surface area contributed by atoms with Crippen LogP contribution in [-0.4, -0.2) is 46.3 Å². The van der Waals surface area contributed by atoms with Crippen LogP contribution in [0.15, 0.2) is 83.8 Å². The summed E-state index contributed by atoms with van der Waals surface area (Å²) in [7, 11) is 1.04. The first kappa shape index (κ1) is 23.0. The van der Waals surface area contributed by atoms with Gasteiger partial charge in [0.15, 0.2) is 0 Å². The van der Waals surface area contributed by atoms with Gasteiger partial charge in [0.2, 0.25) is 5.91 Å². The van der Waals surface area contributed by atoms with E-state index in [1.54, 1.807) is 68.7 Å². The second-order valence-corrected chi connectivity index (χ2v) is 9.42. The molecule has 0 aliphatic carbocycles. The number of nitrogens with zero attached hydrogens (tertiary/aromatic N) is 2. The van der Waals surface area contributed by atoms with Crippen LogP contribution in [0.5, 0.6) is 0 Å². The third-order valence-corrected chi connectivity index (χ3v) is 6.72. The molecule has 7 nitrogen and oxygen atoms in total. The van der Waals surface area contributed by atoms with Crippen LogP contribution in [-0.2, 0) is 21.2 Å². The second-order valence-electron chi connectivity index (χ2n) is 7.45. The Morgan fingerprint density at radius 2 is 1.50 bits per heavy atom. The Balaban J connectivity index is 1.75. The van der Waals surface area contributed by atoms with Crippen LogP contribution in [0.1, 0.15) is 15.9 Å². The summed E-state index contributed by atoms with van der Waals surface area (Å²) in [5, 5.41) is 2.76. The Kier molecular flexibility index (Phi) is 6.95. The van der Waals surface area contributed by atoms with E-state index in [1.165, 1.54) is 34.5 Å². The molecule has 0 fully saturated rings. The molecule has 0 radical (unpaired) electrons. The van der Waals surface area contributed by atoms with Crippen molar-refractivity contribution in [2.24, 2.45) is 0 Å². The molecule has 0 saturated heterocycles. The number of anilines is 2. The number of rotatable bonds is 7. The molecule has 0 heterocycles. The zero-order valence-corrected chi connectivity index (χ0v) is 19.0. The number of nitrogens with one attached hydrogen (secondary N) is 1. The first-order valence-corrected chi connectivity index (χ1v) is 11.4. The number of carbonyl (C=O) groups excluding carboxylic acids is 2. The molecule has 0 aliphatic heterocycles. The van der Waals surface area contributed by atoms with Crippen molar-refractivity contribution in [3.63, 3.8) is 0 Å². The molecule has 0 atom stereocenters. The molecular weight excluding hydrogens is 426 g/mol. The minimum absolute atomic E-state index is 0.0136. The van der Waals surface area contributed by atoms with Crippen molar-refractivity contribution < 1.29 is 18.0 Å². The molecule has 0 unspecified atom stereocenters. The number of benzene rings is 3. The minimum atomic E-state index is -3.83. The van der Waals surface area contributed by atoms with Crippen molar-refractivity contribution in [1.29, 1.82) is 0 Å². The number of hydrogen-bond donors (Lipinski definition) is 1. The van der Waals surface area contributed by atoms with Crippen molar-refractivity contribution >= 4 is 33.2 Å². The summed E-state index contributed by atoms with van der Waals surface area (Å²) in [6.07, 6.45) is 0.274. The molecule has 0 saturated carbocycles. The topological polar surface area (TPSA) is 86.8 Å². The minimum Gasteiger partial charge on any atom is -0.349 e. The Bertz CT molecular complexity index is 1210. The number of carbonyl (C=O) groups is 2. The van der Waals surface area contributed by atoms with E-state index >= 15 is 0 Å². The number of sulfonamides is 1. The lowest BCUT2D eigenvalue weighted by molar-refractivity contribution is -0.127. The molecule has 166 valence electrons. The van der Waals surface area contributed by atoms with Crippen LogP contribution < -0.4 is 9.62 Å². The van der Waals surface area contributed by atoms with Gasteiger partial charge in [-0.1, -0.05) is 36.4 Å². The van der Waals surface area contributed by atoms with E-state index in [1.807, 2.05) is 6.07 Å². The van der Waals surface area contributed by atoms with Crippen molar-refractivity contribution in [3.05, 3.63) is 90.0 Å². The maximum absolute atomic E-state index is 13.0. The molecule has 3 aromatic carbocycles. The Morgan fingerprint density at radius 1 is 0.844 bits per heavy atom. The fourth-order valence-electron chi connectivity index (χ4n) is 2.97. The molecule has 1 N–H and O–H groups in total. The van der Waals surface area contributed by atoms with Gasteiger partial charge in [-0.15, -0.1) is 0 Å². The average molecular weight is 452 g/mol. The fraction of sp³-hybridized carbons (Fsp3) is 0.167. The highest BCUT2D eigenvalue weighted by molar-refractivity contribution is 7.92. The maximum atomic E-state index is 13.0. The Labute approximate surface area is 188 Å². The third-order valence-electron chi connectivity index (χ3n) is 4.94. The molecule has 8 heteroatoms. The highest BCUT2D eigenvalue weighted by Crippen LogP contribution is 2.22. The van der Waals surface area contributed by atoms with Crippen LogP contribution in [0.3, 0.4) is 0 Å². The molecule has 0 aliphatic rings. The number of likely N-dealkylation sites (N-methyl/N-ethyl adjacent to an activating group) is 1. The van der Waals surface area contributed by atoms with E-state index in [-0.39, 0.29) is 22.8 Å². The van der Waals surface area contributed by atoms with Gasteiger partial charge in [0.05, 0.1) is 17.0 Å². The summed E-state index contributed by atoms with van der Waals surface area (Å²) in [5.74, 6) is -0.443. The first-order chi connectivity index (χ1) is 15.2. The predicted octanol–water partition coefficient (Wildman–Crippen LogP) is 3.39. The van der Waals surface area contributed by atoms with Crippen molar-refractivity contribution in [2.45, 2.75) is 11.3 Å². The summed E-state index contributed by atoms with van der Waals surface area (Å²) in [6.45, 7) is 0. The average Bonchev–Trinajstić information content (AvgIpc) is 2.80. The van der Waals surface area contributed by atoms with Gasteiger partial charge in [0, 0.05) is 32.4 Å². The lowest BCUT2D eigenvalue weighted by Gasteiger charge is -2.19.